The zero-order chi connectivity index (χ0) is 12.3. The van der Waals surface area contributed by atoms with E-state index in [1.807, 2.05) is 11.8 Å². The third-order valence-corrected chi connectivity index (χ3v) is 4.40. The van der Waals surface area contributed by atoms with Crippen molar-refractivity contribution >= 4 is 11.8 Å². The lowest BCUT2D eigenvalue weighted by Crippen LogP contribution is -2.27. The largest absolute Gasteiger partial charge is 0.496 e. The molecule has 94 valence electrons. The van der Waals surface area contributed by atoms with Gasteiger partial charge in [0.05, 0.1) is 12.0 Å². The van der Waals surface area contributed by atoms with Crippen LogP contribution in [0.25, 0.3) is 0 Å². The van der Waals surface area contributed by atoms with E-state index in [-0.39, 0.29) is 0 Å². The minimum Gasteiger partial charge on any atom is -0.496 e. The van der Waals surface area contributed by atoms with Gasteiger partial charge >= 0.3 is 0 Å². The fourth-order valence-corrected chi connectivity index (χ4v) is 3.62. The van der Waals surface area contributed by atoms with Crippen molar-refractivity contribution in [3.05, 3.63) is 23.8 Å². The molecule has 1 N–H and O–H groups in total. The standard InChI is InChI=1S/C14H21NOS/c1-4-8-15-12-9-10(2)17-14-11(12)6-5-7-13(14)16-3/h5-7,10,12,15H,4,8-9H2,1-3H3. The second-order valence-electron chi connectivity index (χ2n) is 4.55. The van der Waals surface area contributed by atoms with Gasteiger partial charge in [-0.25, -0.2) is 0 Å². The first kappa shape index (κ1) is 12.8. The Morgan fingerprint density at radius 2 is 2.29 bits per heavy atom. The number of hydrogen-bond acceptors (Lipinski definition) is 3. The molecule has 0 amide bonds. The van der Waals surface area contributed by atoms with Gasteiger partial charge in [0.15, 0.2) is 0 Å². The van der Waals surface area contributed by atoms with Crippen LogP contribution in [0.5, 0.6) is 5.75 Å². The van der Waals surface area contributed by atoms with E-state index in [1.54, 1.807) is 7.11 Å². The summed E-state index contributed by atoms with van der Waals surface area (Å²) >= 11 is 1.94. The summed E-state index contributed by atoms with van der Waals surface area (Å²) in [4.78, 5) is 1.32. The Morgan fingerprint density at radius 1 is 1.47 bits per heavy atom. The first-order chi connectivity index (χ1) is 8.26. The number of hydrogen-bond donors (Lipinski definition) is 1. The Morgan fingerprint density at radius 3 is 3.00 bits per heavy atom. The summed E-state index contributed by atoms with van der Waals surface area (Å²) < 4.78 is 5.47. The Hall–Kier alpha value is -0.670. The molecule has 0 saturated carbocycles. The molecule has 2 atom stereocenters. The van der Waals surface area contributed by atoms with Gasteiger partial charge in [0, 0.05) is 11.3 Å². The van der Waals surface area contributed by atoms with Crippen LogP contribution in [0.4, 0.5) is 0 Å². The van der Waals surface area contributed by atoms with Gasteiger partial charge in [0.25, 0.3) is 0 Å². The van der Waals surface area contributed by atoms with Gasteiger partial charge in [0.1, 0.15) is 5.75 Å². The third kappa shape index (κ3) is 2.78. The second-order valence-corrected chi connectivity index (χ2v) is 6.00. The highest BCUT2D eigenvalue weighted by atomic mass is 32.2. The summed E-state index contributed by atoms with van der Waals surface area (Å²) in [6.45, 7) is 5.58. The van der Waals surface area contributed by atoms with E-state index in [9.17, 15) is 0 Å². The summed E-state index contributed by atoms with van der Waals surface area (Å²) in [6, 6.07) is 6.86. The van der Waals surface area contributed by atoms with Gasteiger partial charge in [-0.15, -0.1) is 11.8 Å². The normalized spacial score (nSPS) is 23.2. The summed E-state index contributed by atoms with van der Waals surface area (Å²) in [7, 11) is 1.75. The number of methoxy groups -OCH3 is 1. The maximum absolute atomic E-state index is 5.47. The first-order valence-corrected chi connectivity index (χ1v) is 7.21. The van der Waals surface area contributed by atoms with E-state index in [0.717, 1.165) is 12.3 Å². The van der Waals surface area contributed by atoms with Crippen LogP contribution in [0.15, 0.2) is 23.1 Å². The predicted octanol–water partition coefficient (Wildman–Crippen LogP) is 3.62. The van der Waals surface area contributed by atoms with Crippen molar-refractivity contribution in [2.45, 2.75) is 42.9 Å². The molecule has 0 aliphatic carbocycles. The predicted molar refractivity (Wildman–Crippen MR) is 74.0 cm³/mol. The summed E-state index contributed by atoms with van der Waals surface area (Å²) in [6.07, 6.45) is 2.38. The molecule has 2 rings (SSSR count). The molecule has 2 nitrogen and oxygen atoms in total. The van der Waals surface area contributed by atoms with Crippen LogP contribution in [0, 0.1) is 0 Å². The summed E-state index contributed by atoms with van der Waals surface area (Å²) in [5.41, 5.74) is 1.40. The molecule has 0 bridgehead atoms. The van der Waals surface area contributed by atoms with Gasteiger partial charge in [-0.05, 0) is 31.0 Å². The lowest BCUT2D eigenvalue weighted by molar-refractivity contribution is 0.397. The quantitative estimate of drug-likeness (QED) is 0.883. The Balaban J connectivity index is 2.29. The van der Waals surface area contributed by atoms with Crippen LogP contribution in [0.3, 0.4) is 0 Å². The average molecular weight is 251 g/mol. The fourth-order valence-electron chi connectivity index (χ4n) is 2.31. The lowest BCUT2D eigenvalue weighted by Gasteiger charge is -2.31. The summed E-state index contributed by atoms with van der Waals surface area (Å²) in [5.74, 6) is 1.02. The number of fused-ring (bicyclic) bond motifs is 1. The van der Waals surface area contributed by atoms with E-state index >= 15 is 0 Å². The van der Waals surface area contributed by atoms with Crippen LogP contribution in [-0.4, -0.2) is 18.9 Å². The van der Waals surface area contributed by atoms with E-state index in [2.05, 4.69) is 37.4 Å². The van der Waals surface area contributed by atoms with Crippen LogP contribution in [0.1, 0.15) is 38.3 Å². The smallest absolute Gasteiger partial charge is 0.132 e. The lowest BCUT2D eigenvalue weighted by atomic mass is 10.0. The molecular formula is C14H21NOS. The monoisotopic (exact) mass is 251 g/mol. The number of benzene rings is 1. The van der Waals surface area contributed by atoms with Crippen molar-refractivity contribution in [3.8, 4) is 5.75 Å². The molecule has 1 aromatic carbocycles. The number of nitrogens with one attached hydrogen (secondary N) is 1. The molecule has 1 aliphatic rings. The van der Waals surface area contributed by atoms with E-state index in [1.165, 1.54) is 23.3 Å². The third-order valence-electron chi connectivity index (χ3n) is 3.13. The molecular weight excluding hydrogens is 230 g/mol. The zero-order valence-electron chi connectivity index (χ0n) is 10.8. The molecule has 1 aliphatic heterocycles. The van der Waals surface area contributed by atoms with E-state index in [0.29, 0.717) is 11.3 Å². The van der Waals surface area contributed by atoms with Gasteiger partial charge in [-0.2, -0.15) is 0 Å². The topological polar surface area (TPSA) is 21.3 Å². The van der Waals surface area contributed by atoms with Crippen molar-refractivity contribution in [3.63, 3.8) is 0 Å². The van der Waals surface area contributed by atoms with Gasteiger partial charge < -0.3 is 10.1 Å². The second kappa shape index (κ2) is 5.78. The molecule has 1 aromatic rings. The molecule has 1 heterocycles. The van der Waals surface area contributed by atoms with Crippen molar-refractivity contribution in [1.29, 1.82) is 0 Å². The fraction of sp³-hybridized carbons (Fsp3) is 0.571. The first-order valence-electron chi connectivity index (χ1n) is 6.33. The highest BCUT2D eigenvalue weighted by Gasteiger charge is 2.26. The molecule has 0 radical (unpaired) electrons. The van der Waals surface area contributed by atoms with Crippen LogP contribution >= 0.6 is 11.8 Å². The molecule has 0 saturated heterocycles. The van der Waals surface area contributed by atoms with E-state index < -0.39 is 0 Å². The van der Waals surface area contributed by atoms with Gasteiger partial charge in [-0.1, -0.05) is 26.0 Å². The molecule has 0 aromatic heterocycles. The Kier molecular flexibility index (Phi) is 4.35. The Labute approximate surface area is 108 Å². The molecule has 2 unspecified atom stereocenters. The van der Waals surface area contributed by atoms with Crippen molar-refractivity contribution in [2.75, 3.05) is 13.7 Å². The molecule has 3 heteroatoms. The van der Waals surface area contributed by atoms with Crippen molar-refractivity contribution in [1.82, 2.24) is 5.32 Å². The average Bonchev–Trinajstić information content (AvgIpc) is 2.35. The SMILES string of the molecule is CCCNC1CC(C)Sc2c(OC)cccc21. The summed E-state index contributed by atoms with van der Waals surface area (Å²) in [5, 5.41) is 4.29. The van der Waals surface area contributed by atoms with Crippen LogP contribution < -0.4 is 10.1 Å². The number of thioether (sulfide) groups is 1. The maximum Gasteiger partial charge on any atom is 0.132 e. The molecule has 17 heavy (non-hydrogen) atoms. The Bertz CT molecular complexity index is 380. The van der Waals surface area contributed by atoms with Crippen molar-refractivity contribution < 1.29 is 4.74 Å². The van der Waals surface area contributed by atoms with Crippen LogP contribution in [-0.2, 0) is 0 Å². The van der Waals surface area contributed by atoms with Gasteiger partial charge in [-0.3, -0.25) is 0 Å². The number of rotatable bonds is 4. The maximum atomic E-state index is 5.47. The van der Waals surface area contributed by atoms with Crippen LogP contribution in [0.2, 0.25) is 0 Å². The minimum atomic E-state index is 0.483. The molecule has 0 spiro atoms. The van der Waals surface area contributed by atoms with E-state index in [4.69, 9.17) is 4.74 Å². The highest BCUT2D eigenvalue weighted by Crippen LogP contribution is 2.45. The molecule has 0 fully saturated rings. The van der Waals surface area contributed by atoms with Gasteiger partial charge in [0.2, 0.25) is 0 Å². The zero-order valence-corrected chi connectivity index (χ0v) is 11.6. The number of ether oxygens (including phenoxy) is 1. The highest BCUT2D eigenvalue weighted by molar-refractivity contribution is 8.00. The van der Waals surface area contributed by atoms with Crippen molar-refractivity contribution in [2.24, 2.45) is 0 Å². The minimum absolute atomic E-state index is 0.483.